The first kappa shape index (κ1) is 11.6. The third kappa shape index (κ3) is 3.27. The highest BCUT2D eigenvalue weighted by Gasteiger charge is 2.03. The minimum Gasteiger partial charge on any atom is -0.360 e. The van der Waals surface area contributed by atoms with Gasteiger partial charge in [-0.3, -0.25) is 0 Å². The van der Waals surface area contributed by atoms with Gasteiger partial charge in [0.15, 0.2) is 0 Å². The third-order valence-electron chi connectivity index (χ3n) is 2.56. The number of hydrogen-bond acceptors (Lipinski definition) is 3. The molecular formula is C12H15FN4. The SMILES string of the molecule is CN(CCCn1ccnc1)c1cccc(F)n1. The standard InChI is InChI=1S/C12H15FN4/c1-16(12-5-2-4-11(13)15-12)7-3-8-17-9-6-14-10-17/h2,4-6,9-10H,3,7-8H2,1H3. The molecule has 0 aromatic carbocycles. The summed E-state index contributed by atoms with van der Waals surface area (Å²) in [6.45, 7) is 1.73. The second-order valence-electron chi connectivity index (χ2n) is 3.89. The van der Waals surface area contributed by atoms with Gasteiger partial charge in [0.25, 0.3) is 0 Å². The van der Waals surface area contributed by atoms with E-state index in [1.807, 2.05) is 22.7 Å². The maximum Gasteiger partial charge on any atom is 0.214 e. The number of nitrogens with zero attached hydrogens (tertiary/aromatic N) is 4. The van der Waals surface area contributed by atoms with Crippen LogP contribution >= 0.6 is 0 Å². The highest BCUT2D eigenvalue weighted by Crippen LogP contribution is 2.09. The van der Waals surface area contributed by atoms with Crippen LogP contribution in [-0.2, 0) is 6.54 Å². The maximum absolute atomic E-state index is 12.9. The zero-order valence-corrected chi connectivity index (χ0v) is 9.75. The number of hydrogen-bond donors (Lipinski definition) is 0. The van der Waals surface area contributed by atoms with Crippen LogP contribution in [0.15, 0.2) is 36.9 Å². The van der Waals surface area contributed by atoms with E-state index in [4.69, 9.17) is 0 Å². The fourth-order valence-electron chi connectivity index (χ4n) is 1.63. The highest BCUT2D eigenvalue weighted by atomic mass is 19.1. The molecule has 0 aliphatic heterocycles. The monoisotopic (exact) mass is 234 g/mol. The van der Waals surface area contributed by atoms with Crippen molar-refractivity contribution in [3.63, 3.8) is 0 Å². The van der Waals surface area contributed by atoms with Crippen molar-refractivity contribution >= 4 is 5.82 Å². The average Bonchev–Trinajstić information content (AvgIpc) is 2.82. The molecule has 0 spiro atoms. The predicted octanol–water partition coefficient (Wildman–Crippen LogP) is 1.94. The van der Waals surface area contributed by atoms with Crippen LogP contribution in [0.4, 0.5) is 10.2 Å². The van der Waals surface area contributed by atoms with Gasteiger partial charge in [0.1, 0.15) is 5.82 Å². The molecule has 0 aliphatic rings. The van der Waals surface area contributed by atoms with Crippen molar-refractivity contribution in [1.29, 1.82) is 0 Å². The lowest BCUT2D eigenvalue weighted by atomic mass is 10.3. The molecule has 90 valence electrons. The Balaban J connectivity index is 1.83. The molecule has 0 saturated carbocycles. The molecule has 2 aromatic heterocycles. The first-order valence-corrected chi connectivity index (χ1v) is 5.55. The second kappa shape index (κ2) is 5.43. The minimum atomic E-state index is -0.441. The van der Waals surface area contributed by atoms with E-state index in [1.54, 1.807) is 24.7 Å². The molecule has 5 heteroatoms. The Kier molecular flexibility index (Phi) is 3.69. The van der Waals surface area contributed by atoms with E-state index >= 15 is 0 Å². The van der Waals surface area contributed by atoms with Crippen molar-refractivity contribution in [2.24, 2.45) is 0 Å². The van der Waals surface area contributed by atoms with Crippen LogP contribution in [0.3, 0.4) is 0 Å². The van der Waals surface area contributed by atoms with Gasteiger partial charge in [-0.25, -0.2) is 9.97 Å². The normalized spacial score (nSPS) is 10.5. The average molecular weight is 234 g/mol. The van der Waals surface area contributed by atoms with Crippen molar-refractivity contribution in [3.8, 4) is 0 Å². The summed E-state index contributed by atoms with van der Waals surface area (Å²) in [5, 5.41) is 0. The predicted molar refractivity (Wildman–Crippen MR) is 64.3 cm³/mol. The van der Waals surface area contributed by atoms with Gasteiger partial charge in [0.2, 0.25) is 5.95 Å². The van der Waals surface area contributed by atoms with Gasteiger partial charge < -0.3 is 9.47 Å². The topological polar surface area (TPSA) is 34.0 Å². The quantitative estimate of drug-likeness (QED) is 0.741. The lowest BCUT2D eigenvalue weighted by Crippen LogP contribution is -2.21. The number of anilines is 1. The second-order valence-corrected chi connectivity index (χ2v) is 3.89. The summed E-state index contributed by atoms with van der Waals surface area (Å²) in [6.07, 6.45) is 6.45. The molecule has 0 saturated heterocycles. The van der Waals surface area contributed by atoms with E-state index in [0.29, 0.717) is 5.82 Å². The van der Waals surface area contributed by atoms with Gasteiger partial charge in [-0.1, -0.05) is 6.07 Å². The molecule has 0 bridgehead atoms. The molecule has 0 amide bonds. The maximum atomic E-state index is 12.9. The van der Waals surface area contributed by atoms with E-state index < -0.39 is 5.95 Å². The minimum absolute atomic E-state index is 0.441. The van der Waals surface area contributed by atoms with Gasteiger partial charge in [0.05, 0.1) is 6.33 Å². The summed E-state index contributed by atoms with van der Waals surface area (Å²) in [7, 11) is 1.91. The number of rotatable bonds is 5. The Bertz CT molecular complexity index is 455. The summed E-state index contributed by atoms with van der Waals surface area (Å²) in [5.74, 6) is 0.222. The third-order valence-corrected chi connectivity index (χ3v) is 2.56. The molecule has 0 fully saturated rings. The molecular weight excluding hydrogens is 219 g/mol. The van der Waals surface area contributed by atoms with Crippen LogP contribution in [0, 0.1) is 5.95 Å². The summed E-state index contributed by atoms with van der Waals surface area (Å²) in [4.78, 5) is 9.75. The Morgan fingerprint density at radius 3 is 3.00 bits per heavy atom. The lowest BCUT2D eigenvalue weighted by Gasteiger charge is -2.17. The Hall–Kier alpha value is -1.91. The van der Waals surface area contributed by atoms with Crippen LogP contribution in [0.5, 0.6) is 0 Å². The lowest BCUT2D eigenvalue weighted by molar-refractivity contribution is 0.579. The zero-order valence-electron chi connectivity index (χ0n) is 9.75. The Morgan fingerprint density at radius 2 is 2.29 bits per heavy atom. The van der Waals surface area contributed by atoms with Crippen molar-refractivity contribution in [1.82, 2.24) is 14.5 Å². The highest BCUT2D eigenvalue weighted by molar-refractivity contribution is 5.36. The van der Waals surface area contributed by atoms with Crippen LogP contribution in [0.1, 0.15) is 6.42 Å². The van der Waals surface area contributed by atoms with Gasteiger partial charge >= 0.3 is 0 Å². The molecule has 4 nitrogen and oxygen atoms in total. The molecule has 2 heterocycles. The number of pyridine rings is 1. The Morgan fingerprint density at radius 1 is 1.41 bits per heavy atom. The van der Waals surface area contributed by atoms with Gasteiger partial charge in [-0.05, 0) is 18.6 Å². The molecule has 0 unspecified atom stereocenters. The van der Waals surface area contributed by atoms with Crippen molar-refractivity contribution in [2.75, 3.05) is 18.5 Å². The fourth-order valence-corrected chi connectivity index (χ4v) is 1.63. The van der Waals surface area contributed by atoms with E-state index in [-0.39, 0.29) is 0 Å². The number of aromatic nitrogens is 3. The molecule has 0 N–H and O–H groups in total. The van der Waals surface area contributed by atoms with Crippen LogP contribution in [0.2, 0.25) is 0 Å². The summed E-state index contributed by atoms with van der Waals surface area (Å²) in [5.41, 5.74) is 0. The van der Waals surface area contributed by atoms with Gasteiger partial charge in [-0.2, -0.15) is 4.39 Å². The largest absolute Gasteiger partial charge is 0.360 e. The fraction of sp³-hybridized carbons (Fsp3) is 0.333. The summed E-state index contributed by atoms with van der Waals surface area (Å²) in [6, 6.07) is 4.83. The van der Waals surface area contributed by atoms with Gasteiger partial charge in [-0.15, -0.1) is 0 Å². The summed E-state index contributed by atoms with van der Waals surface area (Å²) < 4.78 is 14.9. The van der Waals surface area contributed by atoms with Crippen molar-refractivity contribution < 1.29 is 4.39 Å². The first-order chi connectivity index (χ1) is 8.25. The number of aryl methyl sites for hydroxylation is 1. The van der Waals surface area contributed by atoms with E-state index in [1.165, 1.54) is 6.07 Å². The summed E-state index contributed by atoms with van der Waals surface area (Å²) >= 11 is 0. The molecule has 2 rings (SSSR count). The van der Waals surface area contributed by atoms with E-state index in [2.05, 4.69) is 9.97 Å². The van der Waals surface area contributed by atoms with Crippen LogP contribution < -0.4 is 4.90 Å². The zero-order chi connectivity index (χ0) is 12.1. The first-order valence-electron chi connectivity index (χ1n) is 5.55. The molecule has 17 heavy (non-hydrogen) atoms. The molecule has 0 radical (unpaired) electrons. The molecule has 0 atom stereocenters. The van der Waals surface area contributed by atoms with E-state index in [9.17, 15) is 4.39 Å². The molecule has 2 aromatic rings. The van der Waals surface area contributed by atoms with Gasteiger partial charge in [0, 0.05) is 32.5 Å². The van der Waals surface area contributed by atoms with Crippen molar-refractivity contribution in [3.05, 3.63) is 42.9 Å². The van der Waals surface area contributed by atoms with Crippen LogP contribution in [0.25, 0.3) is 0 Å². The number of imidazole rings is 1. The number of halogens is 1. The van der Waals surface area contributed by atoms with Crippen molar-refractivity contribution in [2.45, 2.75) is 13.0 Å². The molecule has 0 aliphatic carbocycles. The van der Waals surface area contributed by atoms with E-state index in [0.717, 1.165) is 19.5 Å². The Labute approximate surface area is 99.7 Å². The van der Waals surface area contributed by atoms with Crippen LogP contribution in [-0.4, -0.2) is 28.1 Å². The smallest absolute Gasteiger partial charge is 0.214 e.